The minimum absolute atomic E-state index is 0.0206. The Bertz CT molecular complexity index is 758. The van der Waals surface area contributed by atoms with E-state index in [0.29, 0.717) is 11.3 Å². The van der Waals surface area contributed by atoms with Crippen molar-refractivity contribution in [2.45, 2.75) is 25.9 Å². The molecule has 1 aliphatic rings. The Kier molecular flexibility index (Phi) is 4.62. The van der Waals surface area contributed by atoms with Gasteiger partial charge in [-0.15, -0.1) is 0 Å². The summed E-state index contributed by atoms with van der Waals surface area (Å²) in [6.45, 7) is 2.28. The number of aliphatic hydroxyl groups excluding tert-OH is 1. The molecule has 1 atom stereocenters. The number of nitrogens with zero attached hydrogens (tertiary/aromatic N) is 1. The van der Waals surface area contributed by atoms with Crippen molar-refractivity contribution in [1.82, 2.24) is 0 Å². The molecule has 5 nitrogen and oxygen atoms in total. The van der Waals surface area contributed by atoms with E-state index >= 15 is 0 Å². The second-order valence-corrected chi connectivity index (χ2v) is 5.92. The van der Waals surface area contributed by atoms with E-state index in [9.17, 15) is 14.7 Å². The quantitative estimate of drug-likeness (QED) is 0.912. The highest BCUT2D eigenvalue weighted by Crippen LogP contribution is 2.30. The molecule has 0 aliphatic carbocycles. The van der Waals surface area contributed by atoms with Crippen molar-refractivity contribution >= 4 is 23.2 Å². The molecule has 5 heteroatoms. The van der Waals surface area contributed by atoms with Gasteiger partial charge in [-0.2, -0.15) is 0 Å². The molecule has 2 aromatic carbocycles. The molecule has 124 valence electrons. The van der Waals surface area contributed by atoms with Gasteiger partial charge in [-0.25, -0.2) is 0 Å². The van der Waals surface area contributed by atoms with E-state index in [1.165, 1.54) is 0 Å². The molecule has 0 spiro atoms. The van der Waals surface area contributed by atoms with Gasteiger partial charge in [0, 0.05) is 24.8 Å². The summed E-state index contributed by atoms with van der Waals surface area (Å²) in [5.41, 5.74) is 3.11. The third-order valence-electron chi connectivity index (χ3n) is 4.21. The SMILES string of the molecule is CC(=O)N1CCCc2cc(NC(=O)C(O)c3ccccc3)ccc21. The van der Waals surface area contributed by atoms with E-state index in [1.54, 1.807) is 42.2 Å². The fraction of sp³-hybridized carbons (Fsp3) is 0.263. The van der Waals surface area contributed by atoms with E-state index in [2.05, 4.69) is 5.32 Å². The van der Waals surface area contributed by atoms with Gasteiger partial charge in [-0.3, -0.25) is 9.59 Å². The van der Waals surface area contributed by atoms with Crippen molar-refractivity contribution in [2.24, 2.45) is 0 Å². The van der Waals surface area contributed by atoms with Gasteiger partial charge in [0.1, 0.15) is 0 Å². The van der Waals surface area contributed by atoms with E-state index < -0.39 is 12.0 Å². The number of aryl methyl sites for hydroxylation is 1. The van der Waals surface area contributed by atoms with Gasteiger partial charge >= 0.3 is 0 Å². The maximum Gasteiger partial charge on any atom is 0.257 e. The molecule has 2 N–H and O–H groups in total. The third kappa shape index (κ3) is 3.31. The number of fused-ring (bicyclic) bond motifs is 1. The molecular formula is C19H20N2O3. The molecule has 1 aliphatic heterocycles. The lowest BCUT2D eigenvalue weighted by atomic mass is 10.0. The Morgan fingerprint density at radius 2 is 1.92 bits per heavy atom. The minimum atomic E-state index is -1.21. The molecule has 24 heavy (non-hydrogen) atoms. The number of rotatable bonds is 3. The summed E-state index contributed by atoms with van der Waals surface area (Å²) in [7, 11) is 0. The normalized spacial score (nSPS) is 14.7. The minimum Gasteiger partial charge on any atom is -0.378 e. The van der Waals surface area contributed by atoms with Crippen molar-refractivity contribution in [3.05, 3.63) is 59.7 Å². The average Bonchev–Trinajstić information content (AvgIpc) is 2.61. The topological polar surface area (TPSA) is 69.6 Å². The molecule has 0 fully saturated rings. The molecule has 2 amide bonds. The smallest absolute Gasteiger partial charge is 0.257 e. The van der Waals surface area contributed by atoms with Crippen LogP contribution in [0.3, 0.4) is 0 Å². The second-order valence-electron chi connectivity index (χ2n) is 5.92. The third-order valence-corrected chi connectivity index (χ3v) is 4.21. The highest BCUT2D eigenvalue weighted by atomic mass is 16.3. The van der Waals surface area contributed by atoms with Crippen LogP contribution in [0, 0.1) is 0 Å². The zero-order valence-electron chi connectivity index (χ0n) is 13.5. The number of nitrogens with one attached hydrogen (secondary N) is 1. The number of carbonyl (C=O) groups is 2. The second kappa shape index (κ2) is 6.84. The zero-order valence-corrected chi connectivity index (χ0v) is 13.5. The predicted molar refractivity (Wildman–Crippen MR) is 92.8 cm³/mol. The highest BCUT2D eigenvalue weighted by molar-refractivity contribution is 5.96. The van der Waals surface area contributed by atoms with E-state index in [-0.39, 0.29) is 5.91 Å². The van der Waals surface area contributed by atoms with E-state index in [0.717, 1.165) is 30.6 Å². The van der Waals surface area contributed by atoms with Crippen LogP contribution in [0.2, 0.25) is 0 Å². The Balaban J connectivity index is 1.77. The predicted octanol–water partition coefficient (Wildman–Crippen LogP) is 2.66. The van der Waals surface area contributed by atoms with Gasteiger partial charge in [0.15, 0.2) is 6.10 Å². The van der Waals surface area contributed by atoms with Gasteiger partial charge in [0.25, 0.3) is 5.91 Å². The van der Waals surface area contributed by atoms with Crippen LogP contribution < -0.4 is 10.2 Å². The van der Waals surface area contributed by atoms with Crippen molar-refractivity contribution in [1.29, 1.82) is 0 Å². The molecule has 0 saturated heterocycles. The van der Waals surface area contributed by atoms with Crippen molar-refractivity contribution in [3.63, 3.8) is 0 Å². The molecule has 3 rings (SSSR count). The largest absolute Gasteiger partial charge is 0.378 e. The van der Waals surface area contributed by atoms with E-state index in [1.807, 2.05) is 18.2 Å². The maximum atomic E-state index is 12.2. The standard InChI is InChI=1S/C19H20N2O3/c1-13(22)21-11-5-8-15-12-16(9-10-17(15)21)20-19(24)18(23)14-6-3-2-4-7-14/h2-4,6-7,9-10,12,18,23H,5,8,11H2,1H3,(H,20,24). The van der Waals surface area contributed by atoms with Gasteiger partial charge < -0.3 is 15.3 Å². The molecule has 0 saturated carbocycles. The van der Waals surface area contributed by atoms with Crippen LogP contribution >= 0.6 is 0 Å². The van der Waals surface area contributed by atoms with Crippen LogP contribution in [0.15, 0.2) is 48.5 Å². The Labute approximate surface area is 140 Å². The molecule has 0 bridgehead atoms. The fourth-order valence-electron chi connectivity index (χ4n) is 3.00. The number of hydrogen-bond donors (Lipinski definition) is 2. The Hall–Kier alpha value is -2.66. The van der Waals surface area contributed by atoms with Crippen molar-refractivity contribution in [3.8, 4) is 0 Å². The van der Waals surface area contributed by atoms with Gasteiger partial charge in [0.2, 0.25) is 5.91 Å². The summed E-state index contributed by atoms with van der Waals surface area (Å²) < 4.78 is 0. The van der Waals surface area contributed by atoms with Crippen molar-refractivity contribution < 1.29 is 14.7 Å². The summed E-state index contributed by atoms with van der Waals surface area (Å²) in [6.07, 6.45) is 0.552. The average molecular weight is 324 g/mol. The molecule has 1 heterocycles. The number of aliphatic hydroxyl groups is 1. The first-order valence-electron chi connectivity index (χ1n) is 8.01. The van der Waals surface area contributed by atoms with Gasteiger partial charge in [-0.05, 0) is 42.2 Å². The Morgan fingerprint density at radius 3 is 2.62 bits per heavy atom. The van der Waals surface area contributed by atoms with Crippen LogP contribution in [-0.2, 0) is 16.0 Å². The Morgan fingerprint density at radius 1 is 1.17 bits per heavy atom. The zero-order chi connectivity index (χ0) is 17.1. The fourth-order valence-corrected chi connectivity index (χ4v) is 3.00. The molecule has 1 unspecified atom stereocenters. The monoisotopic (exact) mass is 324 g/mol. The molecule has 0 radical (unpaired) electrons. The molecule has 2 aromatic rings. The number of amides is 2. The number of hydrogen-bond acceptors (Lipinski definition) is 3. The summed E-state index contributed by atoms with van der Waals surface area (Å²) in [4.78, 5) is 25.7. The number of anilines is 2. The summed E-state index contributed by atoms with van der Waals surface area (Å²) in [6, 6.07) is 14.3. The molecular weight excluding hydrogens is 304 g/mol. The van der Waals surface area contributed by atoms with E-state index in [4.69, 9.17) is 0 Å². The lowest BCUT2D eigenvalue weighted by molar-refractivity contribution is -0.124. The van der Waals surface area contributed by atoms with Gasteiger partial charge in [-0.1, -0.05) is 30.3 Å². The summed E-state index contributed by atoms with van der Waals surface area (Å²) >= 11 is 0. The van der Waals surface area contributed by atoms with Crippen LogP contribution in [0.1, 0.15) is 30.6 Å². The molecule has 0 aromatic heterocycles. The number of carbonyl (C=O) groups excluding carboxylic acids is 2. The van der Waals surface area contributed by atoms with Crippen LogP contribution in [0.5, 0.6) is 0 Å². The van der Waals surface area contributed by atoms with Crippen LogP contribution in [0.25, 0.3) is 0 Å². The maximum absolute atomic E-state index is 12.2. The van der Waals surface area contributed by atoms with Crippen LogP contribution in [0.4, 0.5) is 11.4 Å². The number of benzene rings is 2. The van der Waals surface area contributed by atoms with Crippen LogP contribution in [-0.4, -0.2) is 23.5 Å². The highest BCUT2D eigenvalue weighted by Gasteiger charge is 2.21. The lowest BCUT2D eigenvalue weighted by Crippen LogP contribution is -2.33. The summed E-state index contributed by atoms with van der Waals surface area (Å²) in [5.74, 6) is -0.451. The lowest BCUT2D eigenvalue weighted by Gasteiger charge is -2.29. The first-order chi connectivity index (χ1) is 11.6. The first-order valence-corrected chi connectivity index (χ1v) is 8.01. The summed E-state index contributed by atoms with van der Waals surface area (Å²) in [5, 5.41) is 12.9. The van der Waals surface area contributed by atoms with Gasteiger partial charge in [0.05, 0.1) is 0 Å². The van der Waals surface area contributed by atoms with Crippen molar-refractivity contribution in [2.75, 3.05) is 16.8 Å². The first kappa shape index (κ1) is 16.2.